The fourth-order valence-electron chi connectivity index (χ4n) is 2.30. The molecule has 0 aromatic carbocycles. The van der Waals surface area contributed by atoms with Crippen LogP contribution in [0.2, 0.25) is 0 Å². The minimum Gasteiger partial charge on any atom is -0.396 e. The van der Waals surface area contributed by atoms with E-state index in [-0.39, 0.29) is 18.4 Å². The molecule has 1 aromatic rings. The van der Waals surface area contributed by atoms with Crippen molar-refractivity contribution in [3.63, 3.8) is 0 Å². The number of aromatic nitrogens is 2. The van der Waals surface area contributed by atoms with Gasteiger partial charge < -0.3 is 15.3 Å². The molecule has 1 unspecified atom stereocenters. The summed E-state index contributed by atoms with van der Waals surface area (Å²) in [7, 11) is 0. The molecule has 6 heteroatoms. The number of aliphatic hydroxyl groups is 1. The molecule has 6 nitrogen and oxygen atoms in total. The molecule has 2 N–H and O–H groups in total. The van der Waals surface area contributed by atoms with Gasteiger partial charge in [-0.3, -0.25) is 9.78 Å². The number of carbonyl (C=O) groups excluding carboxylic acids is 1. The Bertz CT molecular complexity index is 438. The number of amides is 1. The summed E-state index contributed by atoms with van der Waals surface area (Å²) in [6, 6.07) is 0. The normalized spacial score (nSPS) is 19.3. The van der Waals surface area contributed by atoms with Crippen LogP contribution in [0.15, 0.2) is 12.4 Å². The van der Waals surface area contributed by atoms with E-state index in [1.807, 2.05) is 6.92 Å². The quantitative estimate of drug-likeness (QED) is 0.839. The molecule has 0 radical (unpaired) electrons. The van der Waals surface area contributed by atoms with Gasteiger partial charge in [-0.1, -0.05) is 0 Å². The van der Waals surface area contributed by atoms with E-state index >= 15 is 0 Å². The van der Waals surface area contributed by atoms with Crippen molar-refractivity contribution in [2.24, 2.45) is 5.92 Å². The summed E-state index contributed by atoms with van der Waals surface area (Å²) in [5, 5.41) is 12.2. The van der Waals surface area contributed by atoms with Crippen LogP contribution >= 0.6 is 0 Å². The summed E-state index contributed by atoms with van der Waals surface area (Å²) in [6.07, 6.45) is 5.00. The molecule has 2 rings (SSSR count). The van der Waals surface area contributed by atoms with Crippen LogP contribution in [-0.4, -0.2) is 52.1 Å². The van der Waals surface area contributed by atoms with Gasteiger partial charge in [0.15, 0.2) is 0 Å². The van der Waals surface area contributed by atoms with Crippen molar-refractivity contribution in [2.75, 3.05) is 31.6 Å². The highest BCUT2D eigenvalue weighted by Crippen LogP contribution is 2.17. The Morgan fingerprint density at radius 2 is 2.42 bits per heavy atom. The number of rotatable bonds is 4. The maximum absolute atomic E-state index is 12.3. The van der Waals surface area contributed by atoms with Gasteiger partial charge in [0.2, 0.25) is 0 Å². The number of hydrogen-bond donors (Lipinski definition) is 2. The van der Waals surface area contributed by atoms with E-state index in [2.05, 4.69) is 15.3 Å². The maximum atomic E-state index is 12.3. The summed E-state index contributed by atoms with van der Waals surface area (Å²) in [5.74, 6) is 0.692. The number of nitrogens with one attached hydrogen (secondary N) is 1. The molecule has 1 amide bonds. The zero-order chi connectivity index (χ0) is 13.7. The number of likely N-dealkylation sites (tertiary alicyclic amines) is 1. The Kier molecular flexibility index (Phi) is 4.68. The molecule has 1 aliphatic rings. The Hall–Kier alpha value is -1.69. The fourth-order valence-corrected chi connectivity index (χ4v) is 2.30. The van der Waals surface area contributed by atoms with Crippen molar-refractivity contribution in [3.05, 3.63) is 18.1 Å². The molecule has 1 aliphatic heterocycles. The van der Waals surface area contributed by atoms with Gasteiger partial charge in [-0.2, -0.15) is 0 Å². The molecule has 0 aliphatic carbocycles. The summed E-state index contributed by atoms with van der Waals surface area (Å²) in [4.78, 5) is 22.4. The van der Waals surface area contributed by atoms with E-state index in [1.165, 1.54) is 6.20 Å². The van der Waals surface area contributed by atoms with Crippen LogP contribution in [0.5, 0.6) is 0 Å². The minimum atomic E-state index is -0.106. The maximum Gasteiger partial charge on any atom is 0.274 e. The predicted molar refractivity (Wildman–Crippen MR) is 71.9 cm³/mol. The molecule has 0 bridgehead atoms. The Labute approximate surface area is 112 Å². The third kappa shape index (κ3) is 3.41. The first-order valence-electron chi connectivity index (χ1n) is 6.70. The van der Waals surface area contributed by atoms with E-state index in [9.17, 15) is 9.90 Å². The van der Waals surface area contributed by atoms with Crippen LogP contribution in [0.3, 0.4) is 0 Å². The van der Waals surface area contributed by atoms with Gasteiger partial charge in [0, 0.05) is 26.2 Å². The molecule has 19 heavy (non-hydrogen) atoms. The smallest absolute Gasteiger partial charge is 0.274 e. The van der Waals surface area contributed by atoms with Gasteiger partial charge in [-0.25, -0.2) is 4.98 Å². The predicted octanol–water partition coefficient (Wildman–Crippen LogP) is 0.753. The molecule has 0 spiro atoms. The van der Waals surface area contributed by atoms with Crippen LogP contribution in [0.4, 0.5) is 5.82 Å². The van der Waals surface area contributed by atoms with Crippen molar-refractivity contribution >= 4 is 11.7 Å². The van der Waals surface area contributed by atoms with Crippen LogP contribution in [0.1, 0.15) is 30.3 Å². The van der Waals surface area contributed by atoms with Gasteiger partial charge in [0.25, 0.3) is 5.91 Å². The van der Waals surface area contributed by atoms with E-state index in [0.717, 1.165) is 25.9 Å². The first kappa shape index (κ1) is 13.7. The second kappa shape index (κ2) is 6.47. The van der Waals surface area contributed by atoms with Gasteiger partial charge in [-0.15, -0.1) is 0 Å². The first-order valence-corrected chi connectivity index (χ1v) is 6.70. The Morgan fingerprint density at radius 3 is 3.16 bits per heavy atom. The molecule has 1 aromatic heterocycles. The number of piperidine rings is 1. The van der Waals surface area contributed by atoms with Crippen molar-refractivity contribution in [2.45, 2.75) is 19.8 Å². The van der Waals surface area contributed by atoms with Crippen molar-refractivity contribution in [1.29, 1.82) is 0 Å². The minimum absolute atomic E-state index is 0.106. The molecule has 1 atom stereocenters. The molecule has 1 saturated heterocycles. The number of aliphatic hydroxyl groups excluding tert-OH is 1. The average Bonchev–Trinajstić information content (AvgIpc) is 2.47. The second-order valence-electron chi connectivity index (χ2n) is 4.76. The molecule has 1 fully saturated rings. The van der Waals surface area contributed by atoms with Crippen molar-refractivity contribution in [3.8, 4) is 0 Å². The van der Waals surface area contributed by atoms with Crippen LogP contribution in [0.25, 0.3) is 0 Å². The zero-order valence-corrected chi connectivity index (χ0v) is 11.2. The largest absolute Gasteiger partial charge is 0.396 e. The van der Waals surface area contributed by atoms with Crippen LogP contribution in [-0.2, 0) is 0 Å². The summed E-state index contributed by atoms with van der Waals surface area (Å²) >= 11 is 0. The number of nitrogens with zero attached hydrogens (tertiary/aromatic N) is 3. The average molecular weight is 264 g/mol. The lowest BCUT2D eigenvalue weighted by Gasteiger charge is -2.31. The van der Waals surface area contributed by atoms with E-state index in [1.54, 1.807) is 11.1 Å². The number of carbonyl (C=O) groups is 1. The lowest BCUT2D eigenvalue weighted by molar-refractivity contribution is 0.0614. The Balaban J connectivity index is 2.08. The van der Waals surface area contributed by atoms with Crippen molar-refractivity contribution in [1.82, 2.24) is 14.9 Å². The highest BCUT2D eigenvalue weighted by molar-refractivity contribution is 5.92. The summed E-state index contributed by atoms with van der Waals surface area (Å²) in [6.45, 7) is 4.16. The summed E-state index contributed by atoms with van der Waals surface area (Å²) in [5.41, 5.74) is 0.358. The molecular weight excluding hydrogens is 244 g/mol. The van der Waals surface area contributed by atoms with Crippen LogP contribution in [0, 0.1) is 5.92 Å². The van der Waals surface area contributed by atoms with E-state index < -0.39 is 0 Å². The van der Waals surface area contributed by atoms with Gasteiger partial charge >= 0.3 is 0 Å². The highest BCUT2D eigenvalue weighted by Gasteiger charge is 2.25. The van der Waals surface area contributed by atoms with E-state index in [0.29, 0.717) is 18.1 Å². The topological polar surface area (TPSA) is 78.4 Å². The summed E-state index contributed by atoms with van der Waals surface area (Å²) < 4.78 is 0. The van der Waals surface area contributed by atoms with Gasteiger partial charge in [-0.05, 0) is 25.7 Å². The molecular formula is C13H20N4O2. The second-order valence-corrected chi connectivity index (χ2v) is 4.76. The number of anilines is 1. The van der Waals surface area contributed by atoms with E-state index in [4.69, 9.17) is 0 Å². The molecule has 2 heterocycles. The number of hydrogen-bond acceptors (Lipinski definition) is 5. The standard InChI is InChI=1S/C13H20N4O2/c1-2-15-12-7-14-6-11(16-12)13(19)17-5-3-4-10(8-17)9-18/h6-7,10,18H,2-5,8-9H2,1H3,(H,15,16). The lowest BCUT2D eigenvalue weighted by atomic mass is 9.99. The third-order valence-electron chi connectivity index (χ3n) is 3.28. The lowest BCUT2D eigenvalue weighted by Crippen LogP contribution is -2.41. The zero-order valence-electron chi connectivity index (χ0n) is 11.2. The third-order valence-corrected chi connectivity index (χ3v) is 3.28. The van der Waals surface area contributed by atoms with Gasteiger partial charge in [0.1, 0.15) is 11.5 Å². The fraction of sp³-hybridized carbons (Fsp3) is 0.615. The van der Waals surface area contributed by atoms with Gasteiger partial charge in [0.05, 0.1) is 12.4 Å². The SMILES string of the molecule is CCNc1cncc(C(=O)N2CCCC(CO)C2)n1. The van der Waals surface area contributed by atoms with Crippen LogP contribution < -0.4 is 5.32 Å². The first-order chi connectivity index (χ1) is 9.24. The highest BCUT2D eigenvalue weighted by atomic mass is 16.3. The Morgan fingerprint density at radius 1 is 1.58 bits per heavy atom. The van der Waals surface area contributed by atoms with Crippen molar-refractivity contribution < 1.29 is 9.90 Å². The molecule has 104 valence electrons. The molecule has 0 saturated carbocycles. The monoisotopic (exact) mass is 264 g/mol.